The van der Waals surface area contributed by atoms with E-state index in [-0.39, 0.29) is 16.9 Å². The molecule has 0 unspecified atom stereocenters. The van der Waals surface area contributed by atoms with E-state index < -0.39 is 10.9 Å². The summed E-state index contributed by atoms with van der Waals surface area (Å²) in [5.41, 5.74) is 0.263. The summed E-state index contributed by atoms with van der Waals surface area (Å²) >= 11 is 0. The predicted octanol–water partition coefficient (Wildman–Crippen LogP) is 1.69. The molecule has 0 amide bonds. The third kappa shape index (κ3) is 1.93. The van der Waals surface area contributed by atoms with Gasteiger partial charge in [0.1, 0.15) is 11.9 Å². The van der Waals surface area contributed by atoms with Crippen LogP contribution in [-0.2, 0) is 7.05 Å². The van der Waals surface area contributed by atoms with Crippen LogP contribution in [0, 0.1) is 10.1 Å². The Morgan fingerprint density at radius 2 is 2.28 bits per heavy atom. The zero-order valence-corrected chi connectivity index (χ0v) is 9.40. The molecule has 2 aromatic heterocycles. The average molecular weight is 247 g/mol. The van der Waals surface area contributed by atoms with Gasteiger partial charge in [-0.25, -0.2) is 9.78 Å². The van der Waals surface area contributed by atoms with E-state index in [1.165, 1.54) is 0 Å². The Labute approximate surface area is 101 Å². The number of aryl methyl sites for hydroxylation is 1. The molecule has 2 aromatic rings. The molecule has 7 nitrogen and oxygen atoms in total. The lowest BCUT2D eigenvalue weighted by atomic mass is 10.1. The Morgan fingerprint density at radius 3 is 2.78 bits per heavy atom. The fraction of sp³-hybridized carbons (Fsp3) is 0.0909. The standard InChI is InChI=1S/C11H9N3O4/c1-13-4-2-3-9(13)10-8(11(15)16)5-7(6-12-10)14(17)18/h2-6H,1H3,(H,15,16). The normalized spacial score (nSPS) is 10.3. The molecular formula is C11H9N3O4. The number of hydrogen-bond acceptors (Lipinski definition) is 4. The number of aromatic carboxylic acids is 1. The van der Waals surface area contributed by atoms with Gasteiger partial charge in [-0.1, -0.05) is 0 Å². The number of nitrogens with zero attached hydrogens (tertiary/aromatic N) is 3. The molecule has 18 heavy (non-hydrogen) atoms. The van der Waals surface area contributed by atoms with Gasteiger partial charge in [0.25, 0.3) is 5.69 Å². The summed E-state index contributed by atoms with van der Waals surface area (Å²) in [6.07, 6.45) is 2.79. The van der Waals surface area contributed by atoms with Crippen LogP contribution in [0.4, 0.5) is 5.69 Å². The smallest absolute Gasteiger partial charge is 0.338 e. The summed E-state index contributed by atoms with van der Waals surface area (Å²) in [6.45, 7) is 0. The number of aromatic nitrogens is 2. The Kier molecular flexibility index (Phi) is 2.80. The zero-order valence-electron chi connectivity index (χ0n) is 9.40. The van der Waals surface area contributed by atoms with Crippen molar-refractivity contribution in [3.05, 3.63) is 46.3 Å². The van der Waals surface area contributed by atoms with Crippen molar-refractivity contribution in [1.82, 2.24) is 9.55 Å². The first-order valence-corrected chi connectivity index (χ1v) is 5.00. The van der Waals surface area contributed by atoms with Crippen molar-refractivity contribution >= 4 is 11.7 Å². The third-order valence-electron chi connectivity index (χ3n) is 2.50. The van der Waals surface area contributed by atoms with Crippen LogP contribution >= 0.6 is 0 Å². The first-order valence-electron chi connectivity index (χ1n) is 5.00. The molecule has 0 spiro atoms. The molecule has 0 aliphatic heterocycles. The number of pyridine rings is 1. The summed E-state index contributed by atoms with van der Waals surface area (Å²) in [6, 6.07) is 4.45. The second-order valence-corrected chi connectivity index (χ2v) is 3.66. The minimum absolute atomic E-state index is 0.189. The van der Waals surface area contributed by atoms with E-state index in [0.717, 1.165) is 12.3 Å². The van der Waals surface area contributed by atoms with Gasteiger partial charge < -0.3 is 9.67 Å². The molecule has 7 heteroatoms. The second kappa shape index (κ2) is 4.28. The lowest BCUT2D eigenvalue weighted by Gasteiger charge is -2.06. The van der Waals surface area contributed by atoms with Gasteiger partial charge in [0.15, 0.2) is 0 Å². The molecule has 2 heterocycles. The summed E-state index contributed by atoms with van der Waals surface area (Å²) in [5, 5.41) is 19.7. The second-order valence-electron chi connectivity index (χ2n) is 3.66. The van der Waals surface area contributed by atoms with E-state index in [1.807, 2.05) is 0 Å². The molecule has 0 bridgehead atoms. The molecule has 0 atom stereocenters. The first kappa shape index (κ1) is 11.8. The lowest BCUT2D eigenvalue weighted by Crippen LogP contribution is -2.05. The number of nitro groups is 1. The van der Waals surface area contributed by atoms with Crippen molar-refractivity contribution in [3.63, 3.8) is 0 Å². The minimum Gasteiger partial charge on any atom is -0.478 e. The van der Waals surface area contributed by atoms with Crippen molar-refractivity contribution in [2.45, 2.75) is 0 Å². The Morgan fingerprint density at radius 1 is 1.56 bits per heavy atom. The van der Waals surface area contributed by atoms with E-state index in [0.29, 0.717) is 5.69 Å². The molecule has 0 aromatic carbocycles. The summed E-state index contributed by atoms with van der Waals surface area (Å²) < 4.78 is 1.70. The number of rotatable bonds is 3. The first-order chi connectivity index (χ1) is 8.50. The van der Waals surface area contributed by atoms with Crippen molar-refractivity contribution < 1.29 is 14.8 Å². The molecule has 0 saturated carbocycles. The largest absolute Gasteiger partial charge is 0.478 e. The highest BCUT2D eigenvalue weighted by molar-refractivity contribution is 5.95. The van der Waals surface area contributed by atoms with Crippen LogP contribution in [-0.4, -0.2) is 25.6 Å². The SMILES string of the molecule is Cn1cccc1-c1ncc([N+](=O)[O-])cc1C(=O)O. The molecule has 0 saturated heterocycles. The van der Waals surface area contributed by atoms with Gasteiger partial charge in [-0.05, 0) is 12.1 Å². The van der Waals surface area contributed by atoms with E-state index in [1.54, 1.807) is 29.9 Å². The fourth-order valence-corrected chi connectivity index (χ4v) is 1.63. The van der Waals surface area contributed by atoms with E-state index in [4.69, 9.17) is 5.11 Å². The molecule has 0 aliphatic rings. The van der Waals surface area contributed by atoms with Gasteiger partial charge in [-0.3, -0.25) is 10.1 Å². The average Bonchev–Trinajstić information content (AvgIpc) is 2.74. The van der Waals surface area contributed by atoms with E-state index in [2.05, 4.69) is 4.98 Å². The highest BCUT2D eigenvalue weighted by Crippen LogP contribution is 2.24. The fourth-order valence-electron chi connectivity index (χ4n) is 1.63. The molecule has 92 valence electrons. The van der Waals surface area contributed by atoms with Gasteiger partial charge in [0.05, 0.1) is 16.2 Å². The summed E-state index contributed by atoms with van der Waals surface area (Å²) in [5.74, 6) is -1.25. The highest BCUT2D eigenvalue weighted by atomic mass is 16.6. The van der Waals surface area contributed by atoms with Crippen LogP contribution < -0.4 is 0 Å². The maximum atomic E-state index is 11.1. The van der Waals surface area contributed by atoms with Crippen LogP contribution in [0.3, 0.4) is 0 Å². The predicted molar refractivity (Wildman–Crippen MR) is 62.3 cm³/mol. The third-order valence-corrected chi connectivity index (χ3v) is 2.50. The lowest BCUT2D eigenvalue weighted by molar-refractivity contribution is -0.385. The summed E-state index contributed by atoms with van der Waals surface area (Å²) in [7, 11) is 1.74. The van der Waals surface area contributed by atoms with Gasteiger partial charge in [-0.2, -0.15) is 0 Å². The van der Waals surface area contributed by atoms with Crippen molar-refractivity contribution in [2.75, 3.05) is 0 Å². The zero-order chi connectivity index (χ0) is 13.3. The Hall–Kier alpha value is -2.70. The van der Waals surface area contributed by atoms with Gasteiger partial charge in [-0.15, -0.1) is 0 Å². The van der Waals surface area contributed by atoms with E-state index in [9.17, 15) is 14.9 Å². The Bertz CT molecular complexity index is 633. The van der Waals surface area contributed by atoms with Crippen LogP contribution in [0.5, 0.6) is 0 Å². The maximum Gasteiger partial charge on any atom is 0.338 e. The summed E-state index contributed by atoms with van der Waals surface area (Å²) in [4.78, 5) is 24.9. The minimum atomic E-state index is -1.25. The van der Waals surface area contributed by atoms with Crippen molar-refractivity contribution in [2.24, 2.45) is 7.05 Å². The van der Waals surface area contributed by atoms with Crippen molar-refractivity contribution in [1.29, 1.82) is 0 Å². The highest BCUT2D eigenvalue weighted by Gasteiger charge is 2.19. The quantitative estimate of drug-likeness (QED) is 0.657. The van der Waals surface area contributed by atoms with Crippen LogP contribution in [0.15, 0.2) is 30.6 Å². The molecule has 0 radical (unpaired) electrons. The van der Waals surface area contributed by atoms with E-state index >= 15 is 0 Å². The molecule has 2 rings (SSSR count). The molecule has 1 N–H and O–H groups in total. The topological polar surface area (TPSA) is 98.3 Å². The molecular weight excluding hydrogens is 238 g/mol. The van der Waals surface area contributed by atoms with Gasteiger partial charge >= 0.3 is 5.97 Å². The number of carbonyl (C=O) groups is 1. The van der Waals surface area contributed by atoms with Crippen LogP contribution in [0.1, 0.15) is 10.4 Å². The number of hydrogen-bond donors (Lipinski definition) is 1. The van der Waals surface area contributed by atoms with Crippen LogP contribution in [0.2, 0.25) is 0 Å². The van der Waals surface area contributed by atoms with Crippen LogP contribution in [0.25, 0.3) is 11.4 Å². The number of carboxylic acids is 1. The monoisotopic (exact) mass is 247 g/mol. The Balaban J connectivity index is 2.65. The number of carboxylic acid groups (broad SMARTS) is 1. The van der Waals surface area contributed by atoms with Gasteiger partial charge in [0, 0.05) is 19.3 Å². The molecule has 0 aliphatic carbocycles. The van der Waals surface area contributed by atoms with Gasteiger partial charge in [0.2, 0.25) is 0 Å². The van der Waals surface area contributed by atoms with Crippen molar-refractivity contribution in [3.8, 4) is 11.4 Å². The molecule has 0 fully saturated rings. The maximum absolute atomic E-state index is 11.1.